The number of hydrogen-bond donors (Lipinski definition) is 5. The summed E-state index contributed by atoms with van der Waals surface area (Å²) in [4.78, 5) is 72.5. The summed E-state index contributed by atoms with van der Waals surface area (Å²) in [5.41, 5.74) is 3.12. The van der Waals surface area contributed by atoms with Crippen molar-refractivity contribution in [2.75, 3.05) is 12.0 Å². The number of aromatic amines is 3. The number of aromatic nitrogens is 7. The summed E-state index contributed by atoms with van der Waals surface area (Å²) in [5.74, 6) is -0.995. The molecule has 0 bridgehead atoms. The second kappa shape index (κ2) is 21.1. The van der Waals surface area contributed by atoms with E-state index in [-0.39, 0.29) is 68.2 Å². The molecule has 2 aromatic carbocycles. The second-order valence-corrected chi connectivity index (χ2v) is 14.9. The molecule has 0 unspecified atom stereocenters. The number of nitrogens with zero attached hydrogens (tertiary/aromatic N) is 7. The number of ether oxygens (including phenoxy) is 1. The SMILES string of the molecule is CC(C)c1cc(Cc2c(Cl)cc(-n3nc(C#N)c(=O)[nH]c3=O)cc2Cl)n[nH]c1=O.CCOC(=O)NC(=O)/C(C#N)=N\Nc1cc(Cl)c(Cc2cc(C(C)C)c(=O)[nH]n2)c(Cl)c1. The predicted molar refractivity (Wildman–Crippen MR) is 227 cm³/mol. The first-order valence-electron chi connectivity index (χ1n) is 17.9. The van der Waals surface area contributed by atoms with Gasteiger partial charge in [-0.15, -0.1) is 5.10 Å². The molecule has 2 amide bonds. The van der Waals surface area contributed by atoms with Gasteiger partial charge in [0.1, 0.15) is 12.1 Å². The van der Waals surface area contributed by atoms with Crippen LogP contribution in [0.25, 0.3) is 5.69 Å². The van der Waals surface area contributed by atoms with Crippen LogP contribution < -0.4 is 33.1 Å². The van der Waals surface area contributed by atoms with Crippen LogP contribution in [0, 0.1) is 22.7 Å². The molecule has 0 saturated heterocycles. The third-order valence-corrected chi connectivity index (χ3v) is 9.63. The van der Waals surface area contributed by atoms with Crippen LogP contribution >= 0.6 is 46.4 Å². The predicted octanol–water partition coefficient (Wildman–Crippen LogP) is 5.25. The molecular formula is C38H34Cl4N12O7. The zero-order chi connectivity index (χ0) is 45.1. The lowest BCUT2D eigenvalue weighted by molar-refractivity contribution is -0.114. The molecule has 0 aliphatic heterocycles. The molecule has 0 aliphatic carbocycles. The van der Waals surface area contributed by atoms with Gasteiger partial charge in [0.15, 0.2) is 0 Å². The van der Waals surface area contributed by atoms with Gasteiger partial charge in [-0.2, -0.15) is 30.5 Å². The van der Waals surface area contributed by atoms with E-state index in [1.54, 1.807) is 31.2 Å². The maximum Gasteiger partial charge on any atom is 0.414 e. The molecule has 0 saturated carbocycles. The van der Waals surface area contributed by atoms with E-state index >= 15 is 0 Å². The Morgan fingerprint density at radius 1 is 0.803 bits per heavy atom. The van der Waals surface area contributed by atoms with Crippen molar-refractivity contribution in [2.45, 2.75) is 59.3 Å². The first-order valence-corrected chi connectivity index (χ1v) is 19.4. The molecule has 19 nitrogen and oxygen atoms in total. The number of halogens is 4. The number of amides is 2. The van der Waals surface area contributed by atoms with Crippen LogP contribution in [0.2, 0.25) is 20.1 Å². The number of imide groups is 1. The van der Waals surface area contributed by atoms with Crippen LogP contribution in [-0.2, 0) is 22.4 Å². The van der Waals surface area contributed by atoms with Crippen molar-refractivity contribution >= 4 is 69.8 Å². The fourth-order valence-electron chi connectivity index (χ4n) is 5.26. The molecule has 0 fully saturated rings. The molecule has 316 valence electrons. The van der Waals surface area contributed by atoms with E-state index < -0.39 is 34.7 Å². The summed E-state index contributed by atoms with van der Waals surface area (Å²) >= 11 is 25.4. The quantitative estimate of drug-likeness (QED) is 0.0837. The molecule has 5 N–H and O–H groups in total. The van der Waals surface area contributed by atoms with Crippen LogP contribution in [0.1, 0.15) is 85.8 Å². The fraction of sp³-hybridized carbons (Fsp3) is 0.263. The van der Waals surface area contributed by atoms with Gasteiger partial charge in [0.25, 0.3) is 22.6 Å². The van der Waals surface area contributed by atoms with Crippen molar-refractivity contribution in [1.29, 1.82) is 10.5 Å². The summed E-state index contributed by atoms with van der Waals surface area (Å²) < 4.78 is 5.40. The van der Waals surface area contributed by atoms with E-state index in [9.17, 15) is 28.8 Å². The first kappa shape index (κ1) is 47.0. The van der Waals surface area contributed by atoms with Crippen LogP contribution in [0.5, 0.6) is 0 Å². The van der Waals surface area contributed by atoms with Gasteiger partial charge in [-0.1, -0.05) is 74.1 Å². The Labute approximate surface area is 365 Å². The zero-order valence-electron chi connectivity index (χ0n) is 32.7. The zero-order valence-corrected chi connectivity index (χ0v) is 35.8. The molecular weight excluding hydrogens is 878 g/mol. The molecule has 0 spiro atoms. The van der Waals surface area contributed by atoms with E-state index in [4.69, 9.17) is 56.9 Å². The molecule has 5 aromatic rings. The van der Waals surface area contributed by atoms with E-state index in [2.05, 4.69) is 40.8 Å². The average Bonchev–Trinajstić information content (AvgIpc) is 3.19. The van der Waals surface area contributed by atoms with Gasteiger partial charge in [-0.05, 0) is 66.3 Å². The van der Waals surface area contributed by atoms with Gasteiger partial charge in [-0.25, -0.2) is 19.8 Å². The molecule has 0 radical (unpaired) electrons. The fourth-order valence-corrected chi connectivity index (χ4v) is 6.49. The highest BCUT2D eigenvalue weighted by atomic mass is 35.5. The third kappa shape index (κ3) is 12.2. The summed E-state index contributed by atoms with van der Waals surface area (Å²) in [6.07, 6.45) is -0.484. The minimum absolute atomic E-state index is 0.0151. The van der Waals surface area contributed by atoms with Gasteiger partial charge in [0.2, 0.25) is 11.4 Å². The number of nitriles is 2. The maximum absolute atomic E-state index is 12.0. The Bertz CT molecular complexity index is 2810. The Hall–Kier alpha value is -6.64. The normalized spacial score (nSPS) is 11.0. The summed E-state index contributed by atoms with van der Waals surface area (Å²) in [7, 11) is 0. The molecule has 3 aromatic heterocycles. The monoisotopic (exact) mass is 910 g/mol. The topological polar surface area (TPSA) is 287 Å². The Balaban J connectivity index is 0.000000270. The highest BCUT2D eigenvalue weighted by molar-refractivity contribution is 6.47. The molecule has 61 heavy (non-hydrogen) atoms. The summed E-state index contributed by atoms with van der Waals surface area (Å²) in [5, 5.41) is 41.3. The number of carbonyl (C=O) groups is 2. The molecule has 0 aliphatic rings. The second-order valence-electron chi connectivity index (χ2n) is 13.2. The van der Waals surface area contributed by atoms with Crippen molar-refractivity contribution in [3.63, 3.8) is 0 Å². The Morgan fingerprint density at radius 3 is 1.74 bits per heavy atom. The van der Waals surface area contributed by atoms with Crippen molar-refractivity contribution in [2.24, 2.45) is 5.10 Å². The first-order chi connectivity index (χ1) is 28.9. The number of rotatable bonds is 11. The van der Waals surface area contributed by atoms with Crippen LogP contribution in [0.3, 0.4) is 0 Å². The highest BCUT2D eigenvalue weighted by Crippen LogP contribution is 2.32. The van der Waals surface area contributed by atoms with Gasteiger partial charge >= 0.3 is 11.8 Å². The van der Waals surface area contributed by atoms with E-state index in [1.165, 1.54) is 24.3 Å². The minimum Gasteiger partial charge on any atom is -0.450 e. The number of anilines is 1. The lowest BCUT2D eigenvalue weighted by Crippen LogP contribution is -2.36. The number of benzene rings is 2. The lowest BCUT2D eigenvalue weighted by atomic mass is 10.0. The van der Waals surface area contributed by atoms with E-state index in [0.717, 1.165) is 4.68 Å². The number of nitrogens with one attached hydrogen (secondary N) is 5. The number of alkyl carbamates (subject to hydrolysis) is 1. The van der Waals surface area contributed by atoms with E-state index in [0.29, 0.717) is 39.3 Å². The van der Waals surface area contributed by atoms with Gasteiger partial charge in [0.05, 0.1) is 29.4 Å². The number of carbonyl (C=O) groups excluding carboxylic acids is 2. The third-order valence-electron chi connectivity index (χ3n) is 8.28. The van der Waals surface area contributed by atoms with Crippen LogP contribution in [0.15, 0.2) is 60.7 Å². The average molecular weight is 913 g/mol. The molecule has 5 rings (SSSR count). The molecule has 3 heterocycles. The van der Waals surface area contributed by atoms with Crippen molar-refractivity contribution in [3.05, 3.63) is 137 Å². The van der Waals surface area contributed by atoms with Gasteiger partial charge < -0.3 is 4.74 Å². The number of hydrogen-bond acceptors (Lipinski definition) is 14. The number of hydrazone groups is 1. The van der Waals surface area contributed by atoms with Crippen LogP contribution in [0.4, 0.5) is 10.5 Å². The number of H-pyrrole nitrogens is 3. The van der Waals surface area contributed by atoms with Gasteiger partial charge in [-0.3, -0.25) is 34.9 Å². The largest absolute Gasteiger partial charge is 0.450 e. The maximum atomic E-state index is 12.0. The van der Waals surface area contributed by atoms with E-state index in [1.807, 2.05) is 38.0 Å². The summed E-state index contributed by atoms with van der Waals surface area (Å²) in [6, 6.07) is 12.4. The van der Waals surface area contributed by atoms with Crippen molar-refractivity contribution in [3.8, 4) is 17.8 Å². The summed E-state index contributed by atoms with van der Waals surface area (Å²) in [6.45, 7) is 9.22. The molecule has 23 heteroatoms. The molecule has 0 atom stereocenters. The standard InChI is InChI=1S/C20H20Cl2N6O4.C18H14Cl2N6O3/c1-4-32-20(31)24-19(30)17(9-23)27-25-12-7-15(21)14(16(22)8-12)6-11-5-13(10(2)3)18(29)28-26-11;1-8(2)11-3-9(23-24-16(11)27)4-12-13(19)5-10(6-14(12)20)26-18(29)22-17(28)15(7-21)25-26/h5,7-8,10,25H,4,6H2,1-3H3,(H,28,29)(H,24,30,31);3,5-6,8H,4H2,1-2H3,(H,24,27)(H,22,28,29)/b27-17-;. The smallest absolute Gasteiger partial charge is 0.414 e. The Morgan fingerprint density at radius 2 is 1.30 bits per heavy atom. The minimum atomic E-state index is -1.03. The van der Waals surface area contributed by atoms with Gasteiger partial charge in [0, 0.05) is 44.1 Å². The van der Waals surface area contributed by atoms with Crippen molar-refractivity contribution < 1.29 is 14.3 Å². The lowest BCUT2D eigenvalue weighted by Gasteiger charge is -2.11. The van der Waals surface area contributed by atoms with Crippen molar-refractivity contribution in [1.82, 2.24) is 40.5 Å². The van der Waals surface area contributed by atoms with Crippen LogP contribution in [-0.4, -0.2) is 59.5 Å². The highest BCUT2D eigenvalue weighted by Gasteiger charge is 2.18. The Kier molecular flexibility index (Phi) is 16.2.